The largest absolute Gasteiger partial charge is 0.357 e. The quantitative estimate of drug-likeness (QED) is 0.607. The fraction of sp³-hybridized carbons (Fsp3) is 0.533. The first kappa shape index (κ1) is 15.5. The summed E-state index contributed by atoms with van der Waals surface area (Å²) in [7, 11) is 4.18. The van der Waals surface area contributed by atoms with Gasteiger partial charge in [0.15, 0.2) is 5.96 Å². The molecule has 1 atom stereocenters. The molecule has 0 saturated carbocycles. The standard InChI is InChI=1S/C15H26N4/c1-5-16-15(17-6-2)18-12-14(19(3)4)13-10-8-7-9-11-13/h7-11,14H,5-6,12H2,1-4H3,(H2,16,17,18). The SMILES string of the molecule is CCNC(=NCC(c1ccccc1)N(C)C)NCC. The van der Waals surface area contributed by atoms with Gasteiger partial charge in [0.2, 0.25) is 0 Å². The van der Waals surface area contributed by atoms with Crippen LogP contribution in [-0.4, -0.2) is 44.6 Å². The van der Waals surface area contributed by atoms with Crippen LogP contribution in [-0.2, 0) is 0 Å². The number of hydrogen-bond donors (Lipinski definition) is 2. The van der Waals surface area contributed by atoms with Crippen LogP contribution in [0.5, 0.6) is 0 Å². The van der Waals surface area contributed by atoms with Crippen LogP contribution in [0.25, 0.3) is 0 Å². The van der Waals surface area contributed by atoms with Gasteiger partial charge in [0.1, 0.15) is 0 Å². The number of guanidine groups is 1. The highest BCUT2D eigenvalue weighted by Crippen LogP contribution is 2.17. The van der Waals surface area contributed by atoms with Crippen molar-refractivity contribution in [1.29, 1.82) is 0 Å². The van der Waals surface area contributed by atoms with Gasteiger partial charge in [0.25, 0.3) is 0 Å². The Balaban J connectivity index is 2.76. The zero-order chi connectivity index (χ0) is 14.1. The molecule has 1 aromatic rings. The summed E-state index contributed by atoms with van der Waals surface area (Å²) < 4.78 is 0. The topological polar surface area (TPSA) is 39.7 Å². The molecular weight excluding hydrogens is 236 g/mol. The number of benzene rings is 1. The fourth-order valence-corrected chi connectivity index (χ4v) is 1.93. The molecule has 2 N–H and O–H groups in total. The second-order valence-corrected chi connectivity index (χ2v) is 4.64. The van der Waals surface area contributed by atoms with Crippen molar-refractivity contribution >= 4 is 5.96 Å². The molecule has 0 aliphatic carbocycles. The average molecular weight is 262 g/mol. The highest BCUT2D eigenvalue weighted by Gasteiger charge is 2.13. The Morgan fingerprint density at radius 3 is 2.16 bits per heavy atom. The summed E-state index contributed by atoms with van der Waals surface area (Å²) in [5.41, 5.74) is 1.29. The summed E-state index contributed by atoms with van der Waals surface area (Å²) in [6.07, 6.45) is 0. The van der Waals surface area contributed by atoms with E-state index in [1.807, 2.05) is 6.07 Å². The Morgan fingerprint density at radius 2 is 1.68 bits per heavy atom. The molecule has 0 spiro atoms. The van der Waals surface area contributed by atoms with Crippen LogP contribution in [0.3, 0.4) is 0 Å². The minimum atomic E-state index is 0.300. The maximum absolute atomic E-state index is 4.65. The number of rotatable bonds is 6. The lowest BCUT2D eigenvalue weighted by Crippen LogP contribution is -2.37. The highest BCUT2D eigenvalue weighted by atomic mass is 15.2. The predicted octanol–water partition coefficient (Wildman–Crippen LogP) is 1.86. The average Bonchev–Trinajstić information content (AvgIpc) is 2.40. The molecule has 0 radical (unpaired) electrons. The second-order valence-electron chi connectivity index (χ2n) is 4.64. The van der Waals surface area contributed by atoms with Gasteiger partial charge < -0.3 is 15.5 Å². The van der Waals surface area contributed by atoms with E-state index in [-0.39, 0.29) is 0 Å². The Hall–Kier alpha value is -1.55. The van der Waals surface area contributed by atoms with Gasteiger partial charge in [-0.05, 0) is 33.5 Å². The lowest BCUT2D eigenvalue weighted by Gasteiger charge is -2.23. The van der Waals surface area contributed by atoms with Gasteiger partial charge >= 0.3 is 0 Å². The van der Waals surface area contributed by atoms with Crippen molar-refractivity contribution in [3.8, 4) is 0 Å². The number of aliphatic imine (C=N–C) groups is 1. The molecular formula is C15H26N4. The molecule has 0 fully saturated rings. The molecule has 1 rings (SSSR count). The Morgan fingerprint density at radius 1 is 1.11 bits per heavy atom. The van der Waals surface area contributed by atoms with Gasteiger partial charge in [0.05, 0.1) is 12.6 Å². The van der Waals surface area contributed by atoms with Crippen molar-refractivity contribution in [3.63, 3.8) is 0 Å². The first-order valence-corrected chi connectivity index (χ1v) is 6.92. The van der Waals surface area contributed by atoms with E-state index in [1.165, 1.54) is 5.56 Å². The summed E-state index contributed by atoms with van der Waals surface area (Å²) >= 11 is 0. The maximum Gasteiger partial charge on any atom is 0.191 e. The van der Waals surface area contributed by atoms with E-state index < -0.39 is 0 Å². The molecule has 0 aliphatic rings. The van der Waals surface area contributed by atoms with Crippen LogP contribution in [0.2, 0.25) is 0 Å². The summed E-state index contributed by atoms with van der Waals surface area (Å²) in [5, 5.41) is 6.50. The number of hydrogen-bond acceptors (Lipinski definition) is 2. The molecule has 106 valence electrons. The van der Waals surface area contributed by atoms with Gasteiger partial charge in [-0.25, -0.2) is 0 Å². The third-order valence-electron chi connectivity index (χ3n) is 2.92. The van der Waals surface area contributed by atoms with Gasteiger partial charge in [-0.3, -0.25) is 4.99 Å². The third-order valence-corrected chi connectivity index (χ3v) is 2.92. The summed E-state index contributed by atoms with van der Waals surface area (Å²) in [5.74, 6) is 0.882. The van der Waals surface area contributed by atoms with Gasteiger partial charge in [0, 0.05) is 13.1 Å². The van der Waals surface area contributed by atoms with Crippen LogP contribution in [0.15, 0.2) is 35.3 Å². The third kappa shape index (κ3) is 5.30. The maximum atomic E-state index is 4.65. The van der Waals surface area contributed by atoms with E-state index in [0.717, 1.165) is 25.6 Å². The molecule has 1 aromatic carbocycles. The van der Waals surface area contributed by atoms with Crippen molar-refractivity contribution in [2.24, 2.45) is 4.99 Å². The lowest BCUT2D eigenvalue weighted by atomic mass is 10.1. The number of likely N-dealkylation sites (N-methyl/N-ethyl adjacent to an activating group) is 1. The Kier molecular flexibility index (Phi) is 6.97. The molecule has 0 aliphatic heterocycles. The van der Waals surface area contributed by atoms with E-state index in [9.17, 15) is 0 Å². The summed E-state index contributed by atoms with van der Waals surface area (Å²) in [4.78, 5) is 6.86. The first-order valence-electron chi connectivity index (χ1n) is 6.92. The van der Waals surface area contributed by atoms with E-state index in [4.69, 9.17) is 0 Å². The molecule has 0 bridgehead atoms. The first-order chi connectivity index (χ1) is 9.19. The normalized spacial score (nSPS) is 12.1. The van der Waals surface area contributed by atoms with E-state index in [2.05, 4.69) is 72.7 Å². The molecule has 4 heteroatoms. The zero-order valence-electron chi connectivity index (χ0n) is 12.5. The smallest absolute Gasteiger partial charge is 0.191 e. The van der Waals surface area contributed by atoms with Crippen molar-refractivity contribution < 1.29 is 0 Å². The molecule has 1 unspecified atom stereocenters. The fourth-order valence-electron chi connectivity index (χ4n) is 1.93. The van der Waals surface area contributed by atoms with Crippen LogP contribution >= 0.6 is 0 Å². The Bertz CT molecular complexity index is 365. The van der Waals surface area contributed by atoms with Crippen molar-refractivity contribution in [1.82, 2.24) is 15.5 Å². The zero-order valence-corrected chi connectivity index (χ0v) is 12.5. The molecule has 4 nitrogen and oxygen atoms in total. The van der Waals surface area contributed by atoms with Crippen LogP contribution in [0.1, 0.15) is 25.5 Å². The highest BCUT2D eigenvalue weighted by molar-refractivity contribution is 5.79. The summed E-state index contributed by atoms with van der Waals surface area (Å²) in [6.45, 7) is 6.65. The lowest BCUT2D eigenvalue weighted by molar-refractivity contribution is 0.306. The molecule has 0 saturated heterocycles. The number of nitrogens with zero attached hydrogens (tertiary/aromatic N) is 2. The van der Waals surface area contributed by atoms with Crippen LogP contribution < -0.4 is 10.6 Å². The Labute approximate surface area is 116 Å². The van der Waals surface area contributed by atoms with Gasteiger partial charge in [-0.1, -0.05) is 30.3 Å². The minimum Gasteiger partial charge on any atom is -0.357 e. The van der Waals surface area contributed by atoms with Crippen LogP contribution in [0.4, 0.5) is 0 Å². The van der Waals surface area contributed by atoms with Crippen LogP contribution in [0, 0.1) is 0 Å². The van der Waals surface area contributed by atoms with Gasteiger partial charge in [-0.2, -0.15) is 0 Å². The van der Waals surface area contributed by atoms with Crippen molar-refractivity contribution in [2.75, 3.05) is 33.7 Å². The van der Waals surface area contributed by atoms with Gasteiger partial charge in [-0.15, -0.1) is 0 Å². The monoisotopic (exact) mass is 262 g/mol. The van der Waals surface area contributed by atoms with E-state index in [0.29, 0.717) is 6.04 Å². The summed E-state index contributed by atoms with van der Waals surface area (Å²) in [6, 6.07) is 10.8. The molecule has 0 heterocycles. The molecule has 0 aromatic heterocycles. The second kappa shape index (κ2) is 8.53. The van der Waals surface area contributed by atoms with E-state index >= 15 is 0 Å². The minimum absolute atomic E-state index is 0.300. The van der Waals surface area contributed by atoms with Crippen molar-refractivity contribution in [2.45, 2.75) is 19.9 Å². The predicted molar refractivity (Wildman–Crippen MR) is 82.5 cm³/mol. The molecule has 0 amide bonds. The number of nitrogens with one attached hydrogen (secondary N) is 2. The van der Waals surface area contributed by atoms with Crippen molar-refractivity contribution in [3.05, 3.63) is 35.9 Å². The molecule has 19 heavy (non-hydrogen) atoms. The van der Waals surface area contributed by atoms with E-state index in [1.54, 1.807) is 0 Å².